The van der Waals surface area contributed by atoms with E-state index in [1.54, 1.807) is 7.11 Å². The van der Waals surface area contributed by atoms with Crippen LogP contribution in [0, 0.1) is 0 Å². The fourth-order valence-corrected chi connectivity index (χ4v) is 3.94. The molecule has 4 rings (SSSR count). The fourth-order valence-electron chi connectivity index (χ4n) is 3.94. The average Bonchev–Trinajstić information content (AvgIpc) is 2.80. The van der Waals surface area contributed by atoms with E-state index in [2.05, 4.69) is 28.4 Å². The number of rotatable bonds is 6. The maximum Gasteiger partial charge on any atom is 0.279 e. The molecule has 0 spiro atoms. The van der Waals surface area contributed by atoms with Gasteiger partial charge in [-0.1, -0.05) is 54.6 Å². The van der Waals surface area contributed by atoms with Gasteiger partial charge in [-0.3, -0.25) is 4.79 Å². The second-order valence-corrected chi connectivity index (χ2v) is 7.58. The molecule has 0 saturated carbocycles. The van der Waals surface area contributed by atoms with Crippen molar-refractivity contribution in [1.82, 2.24) is 0 Å². The maximum absolute atomic E-state index is 12.5. The minimum absolute atomic E-state index is 0.0585. The van der Waals surface area contributed by atoms with Gasteiger partial charge in [-0.25, -0.2) is 0 Å². The van der Waals surface area contributed by atoms with Crippen molar-refractivity contribution in [2.75, 3.05) is 50.1 Å². The number of benzene rings is 3. The van der Waals surface area contributed by atoms with Crippen molar-refractivity contribution in [1.29, 1.82) is 0 Å². The van der Waals surface area contributed by atoms with Crippen molar-refractivity contribution >= 4 is 17.3 Å². The lowest BCUT2D eigenvalue weighted by Gasteiger charge is -2.34. The Balaban J connectivity index is 1.28. The van der Waals surface area contributed by atoms with Crippen molar-refractivity contribution in [3.8, 4) is 16.9 Å². The van der Waals surface area contributed by atoms with Crippen LogP contribution in [0.25, 0.3) is 11.1 Å². The molecule has 2 N–H and O–H groups in total. The highest BCUT2D eigenvalue weighted by Crippen LogP contribution is 2.27. The molecule has 0 atom stereocenters. The van der Waals surface area contributed by atoms with Gasteiger partial charge in [0.2, 0.25) is 0 Å². The first-order chi connectivity index (χ1) is 14.7. The third-order valence-electron chi connectivity index (χ3n) is 5.58. The van der Waals surface area contributed by atoms with E-state index >= 15 is 0 Å². The molecule has 1 saturated heterocycles. The van der Waals surface area contributed by atoms with Crippen LogP contribution >= 0.6 is 0 Å². The highest BCUT2D eigenvalue weighted by Gasteiger charge is 2.23. The summed E-state index contributed by atoms with van der Waals surface area (Å²) in [6.45, 7) is 4.17. The molecule has 0 radical (unpaired) electrons. The van der Waals surface area contributed by atoms with Crippen molar-refractivity contribution < 1.29 is 14.4 Å². The molecule has 0 aliphatic carbocycles. The highest BCUT2D eigenvalue weighted by molar-refractivity contribution is 5.91. The molecule has 5 nitrogen and oxygen atoms in total. The number of methoxy groups -OCH3 is 1. The topological polar surface area (TPSA) is 46.0 Å². The van der Waals surface area contributed by atoms with E-state index in [0.717, 1.165) is 48.9 Å². The van der Waals surface area contributed by atoms with Gasteiger partial charge in [-0.05, 0) is 35.4 Å². The van der Waals surface area contributed by atoms with Crippen LogP contribution in [0.5, 0.6) is 5.75 Å². The summed E-state index contributed by atoms with van der Waals surface area (Å²) in [6, 6.07) is 26.4. The van der Waals surface area contributed by atoms with E-state index in [1.165, 1.54) is 10.5 Å². The van der Waals surface area contributed by atoms with E-state index in [1.807, 2.05) is 60.7 Å². The Morgan fingerprint density at radius 3 is 2.23 bits per heavy atom. The van der Waals surface area contributed by atoms with Crippen molar-refractivity contribution in [3.63, 3.8) is 0 Å². The van der Waals surface area contributed by atoms with Crippen molar-refractivity contribution in [2.45, 2.75) is 0 Å². The number of carbonyl (C=O) groups is 1. The Hall–Kier alpha value is -3.31. The van der Waals surface area contributed by atoms with Crippen LogP contribution in [0.4, 0.5) is 11.4 Å². The second-order valence-electron chi connectivity index (χ2n) is 7.58. The number of carbonyl (C=O) groups excluding carboxylic acids is 1. The number of anilines is 2. The molecule has 154 valence electrons. The largest absolute Gasteiger partial charge is 0.495 e. The second kappa shape index (κ2) is 9.46. The molecule has 1 aliphatic heterocycles. The van der Waals surface area contributed by atoms with E-state index in [4.69, 9.17) is 4.74 Å². The molecule has 5 heteroatoms. The third-order valence-corrected chi connectivity index (χ3v) is 5.58. The first-order valence-electron chi connectivity index (χ1n) is 10.4. The predicted octanol–water partition coefficient (Wildman–Crippen LogP) is 2.71. The van der Waals surface area contributed by atoms with Gasteiger partial charge in [-0.15, -0.1) is 0 Å². The zero-order valence-corrected chi connectivity index (χ0v) is 17.3. The summed E-state index contributed by atoms with van der Waals surface area (Å²) in [5.41, 5.74) is 4.29. The quantitative estimate of drug-likeness (QED) is 0.667. The number of para-hydroxylation sites is 2. The van der Waals surface area contributed by atoms with Gasteiger partial charge in [-0.2, -0.15) is 0 Å². The smallest absolute Gasteiger partial charge is 0.279 e. The summed E-state index contributed by atoms with van der Waals surface area (Å²) in [6.07, 6.45) is 0. The molecule has 0 bridgehead atoms. The standard InChI is InChI=1S/C25H27N3O2/c1-30-24-10-6-5-9-23(24)28-17-15-27(16-18-28)19-25(29)26-22-13-11-21(12-14-22)20-7-3-2-4-8-20/h2-14H,15-19H2,1H3,(H,26,29)/p+1. The van der Waals surface area contributed by atoms with E-state index < -0.39 is 0 Å². The third kappa shape index (κ3) is 4.81. The van der Waals surface area contributed by atoms with Crippen LogP contribution in [-0.2, 0) is 4.79 Å². The Morgan fingerprint density at radius 2 is 1.53 bits per heavy atom. The minimum Gasteiger partial charge on any atom is -0.495 e. The monoisotopic (exact) mass is 402 g/mol. The number of quaternary nitrogens is 1. The Labute approximate surface area is 177 Å². The van der Waals surface area contributed by atoms with Gasteiger partial charge in [0.15, 0.2) is 6.54 Å². The summed E-state index contributed by atoms with van der Waals surface area (Å²) in [5, 5.41) is 3.04. The molecule has 30 heavy (non-hydrogen) atoms. The minimum atomic E-state index is 0.0585. The number of piperazine rings is 1. The lowest BCUT2D eigenvalue weighted by Crippen LogP contribution is -3.15. The first-order valence-corrected chi connectivity index (χ1v) is 10.4. The van der Waals surface area contributed by atoms with Crippen LogP contribution in [0.3, 0.4) is 0 Å². The number of hydrogen-bond donors (Lipinski definition) is 2. The Morgan fingerprint density at radius 1 is 0.900 bits per heavy atom. The zero-order chi connectivity index (χ0) is 20.8. The number of nitrogens with zero attached hydrogens (tertiary/aromatic N) is 1. The Kier molecular flexibility index (Phi) is 6.30. The van der Waals surface area contributed by atoms with Crippen LogP contribution in [-0.4, -0.2) is 45.7 Å². The van der Waals surface area contributed by atoms with Crippen LogP contribution in [0.15, 0.2) is 78.9 Å². The number of amides is 1. The number of nitrogens with one attached hydrogen (secondary N) is 2. The highest BCUT2D eigenvalue weighted by atomic mass is 16.5. The maximum atomic E-state index is 12.5. The lowest BCUT2D eigenvalue weighted by atomic mass is 10.1. The normalized spacial score (nSPS) is 14.4. The molecule has 1 fully saturated rings. The van der Waals surface area contributed by atoms with Crippen LogP contribution in [0.2, 0.25) is 0 Å². The van der Waals surface area contributed by atoms with Crippen molar-refractivity contribution in [3.05, 3.63) is 78.9 Å². The molecule has 3 aromatic rings. The summed E-state index contributed by atoms with van der Waals surface area (Å²) >= 11 is 0. The van der Waals surface area contributed by atoms with Gasteiger partial charge in [0.05, 0.1) is 39.0 Å². The predicted molar refractivity (Wildman–Crippen MR) is 121 cm³/mol. The number of hydrogen-bond acceptors (Lipinski definition) is 3. The lowest BCUT2D eigenvalue weighted by molar-refractivity contribution is -0.892. The average molecular weight is 403 g/mol. The SMILES string of the molecule is COc1ccccc1N1CC[NH+](CC(=O)Nc2ccc(-c3ccccc3)cc2)CC1. The number of ether oxygens (including phenoxy) is 1. The van der Waals surface area contributed by atoms with Crippen molar-refractivity contribution in [2.24, 2.45) is 0 Å². The molecule has 0 aromatic heterocycles. The van der Waals surface area contributed by atoms with Gasteiger partial charge >= 0.3 is 0 Å². The summed E-state index contributed by atoms with van der Waals surface area (Å²) in [7, 11) is 1.71. The summed E-state index contributed by atoms with van der Waals surface area (Å²) < 4.78 is 5.48. The molecular weight excluding hydrogens is 374 g/mol. The molecular formula is C25H28N3O2+. The molecule has 0 unspecified atom stereocenters. The molecule has 1 amide bonds. The molecule has 1 heterocycles. The summed E-state index contributed by atoms with van der Waals surface area (Å²) in [5.74, 6) is 0.959. The van der Waals surface area contributed by atoms with Gasteiger partial charge in [0.25, 0.3) is 5.91 Å². The van der Waals surface area contributed by atoms with Gasteiger partial charge in [0.1, 0.15) is 5.75 Å². The van der Waals surface area contributed by atoms with Gasteiger partial charge in [0, 0.05) is 5.69 Å². The first kappa shape index (κ1) is 20.0. The van der Waals surface area contributed by atoms with E-state index in [9.17, 15) is 4.79 Å². The van der Waals surface area contributed by atoms with Crippen LogP contribution < -0.4 is 19.9 Å². The van der Waals surface area contributed by atoms with Gasteiger partial charge < -0.3 is 19.9 Å². The Bertz CT molecular complexity index is 965. The summed E-state index contributed by atoms with van der Waals surface area (Å²) in [4.78, 5) is 16.2. The molecule has 1 aliphatic rings. The zero-order valence-electron chi connectivity index (χ0n) is 17.3. The van der Waals surface area contributed by atoms with Crippen LogP contribution in [0.1, 0.15) is 0 Å². The van der Waals surface area contributed by atoms with E-state index in [0.29, 0.717) is 6.54 Å². The molecule has 3 aromatic carbocycles. The van der Waals surface area contributed by atoms with E-state index in [-0.39, 0.29) is 5.91 Å². The fraction of sp³-hybridized carbons (Fsp3) is 0.240.